The predicted molar refractivity (Wildman–Crippen MR) is 57.9 cm³/mol. The SMILES string of the molecule is CC(C)[C@H]1CC[C@@]2(C)CC(=O)C=C[C@@H]12. The van der Waals surface area contributed by atoms with E-state index in [-0.39, 0.29) is 5.41 Å². The van der Waals surface area contributed by atoms with E-state index in [2.05, 4.69) is 26.8 Å². The smallest absolute Gasteiger partial charge is 0.155 e. The highest BCUT2D eigenvalue weighted by Crippen LogP contribution is 2.53. The number of hydrogen-bond acceptors (Lipinski definition) is 1. The van der Waals surface area contributed by atoms with Crippen LogP contribution in [-0.2, 0) is 4.79 Å². The Morgan fingerprint density at radius 2 is 2.21 bits per heavy atom. The van der Waals surface area contributed by atoms with Crippen molar-refractivity contribution in [3.05, 3.63) is 12.2 Å². The molecular weight excluding hydrogens is 172 g/mol. The lowest BCUT2D eigenvalue weighted by Crippen LogP contribution is -2.31. The summed E-state index contributed by atoms with van der Waals surface area (Å²) in [6.45, 7) is 6.91. The van der Waals surface area contributed by atoms with Crippen molar-refractivity contribution in [2.75, 3.05) is 0 Å². The van der Waals surface area contributed by atoms with E-state index in [1.165, 1.54) is 12.8 Å². The van der Waals surface area contributed by atoms with E-state index in [9.17, 15) is 4.79 Å². The Balaban J connectivity index is 2.26. The number of carbonyl (C=O) groups is 1. The van der Waals surface area contributed by atoms with Crippen molar-refractivity contribution in [3.8, 4) is 0 Å². The summed E-state index contributed by atoms with van der Waals surface area (Å²) in [6, 6.07) is 0. The number of fused-ring (bicyclic) bond motifs is 1. The molecule has 0 saturated heterocycles. The number of hydrogen-bond donors (Lipinski definition) is 0. The quantitative estimate of drug-likeness (QED) is 0.623. The fraction of sp³-hybridized carbons (Fsp3) is 0.769. The van der Waals surface area contributed by atoms with Crippen LogP contribution in [0.5, 0.6) is 0 Å². The van der Waals surface area contributed by atoms with Gasteiger partial charge in [-0.1, -0.05) is 26.8 Å². The van der Waals surface area contributed by atoms with Gasteiger partial charge in [-0.3, -0.25) is 4.79 Å². The summed E-state index contributed by atoms with van der Waals surface area (Å²) < 4.78 is 0. The summed E-state index contributed by atoms with van der Waals surface area (Å²) >= 11 is 0. The first-order chi connectivity index (χ1) is 6.53. The van der Waals surface area contributed by atoms with Gasteiger partial charge in [0.15, 0.2) is 5.78 Å². The summed E-state index contributed by atoms with van der Waals surface area (Å²) in [5.74, 6) is 2.53. The molecule has 0 spiro atoms. The molecule has 78 valence electrons. The average molecular weight is 192 g/mol. The van der Waals surface area contributed by atoms with Gasteiger partial charge in [-0.15, -0.1) is 0 Å². The van der Waals surface area contributed by atoms with Crippen LogP contribution in [0.1, 0.15) is 40.0 Å². The van der Waals surface area contributed by atoms with Gasteiger partial charge in [-0.05, 0) is 42.1 Å². The Morgan fingerprint density at radius 3 is 2.86 bits per heavy atom. The van der Waals surface area contributed by atoms with Gasteiger partial charge in [-0.25, -0.2) is 0 Å². The third-order valence-corrected chi connectivity index (χ3v) is 4.24. The fourth-order valence-electron chi connectivity index (χ4n) is 3.36. The Hall–Kier alpha value is -0.590. The minimum atomic E-state index is 0.279. The van der Waals surface area contributed by atoms with Crippen LogP contribution in [0.25, 0.3) is 0 Å². The van der Waals surface area contributed by atoms with Crippen LogP contribution in [0.15, 0.2) is 12.2 Å². The van der Waals surface area contributed by atoms with Crippen LogP contribution in [0.4, 0.5) is 0 Å². The zero-order chi connectivity index (χ0) is 10.3. The average Bonchev–Trinajstić information content (AvgIpc) is 2.40. The first-order valence-electron chi connectivity index (χ1n) is 5.74. The van der Waals surface area contributed by atoms with Gasteiger partial charge in [0.25, 0.3) is 0 Å². The number of carbonyl (C=O) groups excluding carboxylic acids is 1. The van der Waals surface area contributed by atoms with Crippen LogP contribution in [0, 0.1) is 23.2 Å². The van der Waals surface area contributed by atoms with E-state index in [1.807, 2.05) is 6.08 Å². The zero-order valence-corrected chi connectivity index (χ0v) is 9.42. The first kappa shape index (κ1) is 9.95. The van der Waals surface area contributed by atoms with Gasteiger partial charge in [0.1, 0.15) is 0 Å². The predicted octanol–water partition coefficient (Wildman–Crippen LogP) is 3.20. The van der Waals surface area contributed by atoms with Crippen molar-refractivity contribution in [3.63, 3.8) is 0 Å². The molecule has 14 heavy (non-hydrogen) atoms. The second-order valence-electron chi connectivity index (χ2n) is 5.63. The topological polar surface area (TPSA) is 17.1 Å². The van der Waals surface area contributed by atoms with E-state index in [1.54, 1.807) is 0 Å². The lowest BCUT2D eigenvalue weighted by Gasteiger charge is -2.35. The van der Waals surface area contributed by atoms with Gasteiger partial charge in [0, 0.05) is 6.42 Å². The van der Waals surface area contributed by atoms with Crippen LogP contribution < -0.4 is 0 Å². The largest absolute Gasteiger partial charge is 0.295 e. The van der Waals surface area contributed by atoms with Gasteiger partial charge >= 0.3 is 0 Å². The van der Waals surface area contributed by atoms with Crippen molar-refractivity contribution < 1.29 is 4.79 Å². The molecule has 2 aliphatic rings. The number of allylic oxidation sites excluding steroid dienone is 2. The van der Waals surface area contributed by atoms with Crippen LogP contribution >= 0.6 is 0 Å². The van der Waals surface area contributed by atoms with Crippen molar-refractivity contribution >= 4 is 5.78 Å². The van der Waals surface area contributed by atoms with Crippen LogP contribution in [0.2, 0.25) is 0 Å². The van der Waals surface area contributed by atoms with Gasteiger partial charge in [-0.2, -0.15) is 0 Å². The molecule has 2 aliphatic carbocycles. The van der Waals surface area contributed by atoms with Gasteiger partial charge in [0.2, 0.25) is 0 Å². The Morgan fingerprint density at radius 1 is 1.50 bits per heavy atom. The highest BCUT2D eigenvalue weighted by Gasteiger charge is 2.46. The molecule has 2 rings (SSSR count). The fourth-order valence-corrected chi connectivity index (χ4v) is 3.36. The highest BCUT2D eigenvalue weighted by molar-refractivity contribution is 5.91. The summed E-state index contributed by atoms with van der Waals surface area (Å²) in [4.78, 5) is 11.4. The third-order valence-electron chi connectivity index (χ3n) is 4.24. The summed E-state index contributed by atoms with van der Waals surface area (Å²) in [5.41, 5.74) is 0.279. The molecule has 0 heterocycles. The zero-order valence-electron chi connectivity index (χ0n) is 9.42. The van der Waals surface area contributed by atoms with Crippen molar-refractivity contribution in [1.82, 2.24) is 0 Å². The standard InChI is InChI=1S/C13H20O/c1-9(2)11-6-7-13(3)8-10(14)4-5-12(11)13/h4-5,9,11-12H,6-8H2,1-3H3/t11-,12+,13+/m1/s1. The maximum absolute atomic E-state index is 11.4. The van der Waals surface area contributed by atoms with Crippen LogP contribution in [0.3, 0.4) is 0 Å². The van der Waals surface area contributed by atoms with E-state index in [4.69, 9.17) is 0 Å². The Kier molecular flexibility index (Phi) is 2.29. The normalized spacial score (nSPS) is 41.9. The molecule has 0 bridgehead atoms. The molecule has 1 nitrogen and oxygen atoms in total. The van der Waals surface area contributed by atoms with E-state index in [0.29, 0.717) is 11.7 Å². The molecule has 3 atom stereocenters. The molecule has 0 radical (unpaired) electrons. The number of ketones is 1. The first-order valence-corrected chi connectivity index (χ1v) is 5.74. The third kappa shape index (κ3) is 1.43. The minimum absolute atomic E-state index is 0.279. The maximum Gasteiger partial charge on any atom is 0.155 e. The summed E-state index contributed by atoms with van der Waals surface area (Å²) in [5, 5.41) is 0. The molecule has 0 N–H and O–H groups in total. The lowest BCUT2D eigenvalue weighted by atomic mass is 9.69. The second kappa shape index (κ2) is 3.22. The van der Waals surface area contributed by atoms with Crippen LogP contribution in [-0.4, -0.2) is 5.78 Å². The molecule has 0 aromatic rings. The van der Waals surface area contributed by atoms with Crippen molar-refractivity contribution in [1.29, 1.82) is 0 Å². The molecule has 1 heteroatoms. The minimum Gasteiger partial charge on any atom is -0.295 e. The molecule has 0 aromatic carbocycles. The molecule has 1 fully saturated rings. The summed E-state index contributed by atoms with van der Waals surface area (Å²) in [7, 11) is 0. The van der Waals surface area contributed by atoms with E-state index < -0.39 is 0 Å². The van der Waals surface area contributed by atoms with E-state index in [0.717, 1.165) is 18.3 Å². The Labute approximate surface area is 86.6 Å². The molecule has 0 aromatic heterocycles. The number of rotatable bonds is 1. The molecule has 1 saturated carbocycles. The van der Waals surface area contributed by atoms with E-state index >= 15 is 0 Å². The molecular formula is C13H20O. The molecule has 0 amide bonds. The Bertz CT molecular complexity index is 277. The van der Waals surface area contributed by atoms with Gasteiger partial charge in [0.05, 0.1) is 0 Å². The second-order valence-corrected chi connectivity index (χ2v) is 5.63. The van der Waals surface area contributed by atoms with Gasteiger partial charge < -0.3 is 0 Å². The molecule has 0 unspecified atom stereocenters. The van der Waals surface area contributed by atoms with Crippen molar-refractivity contribution in [2.45, 2.75) is 40.0 Å². The van der Waals surface area contributed by atoms with Crippen molar-refractivity contribution in [2.24, 2.45) is 23.2 Å². The summed E-state index contributed by atoms with van der Waals surface area (Å²) in [6.07, 6.45) is 7.31. The monoisotopic (exact) mass is 192 g/mol. The molecule has 0 aliphatic heterocycles. The lowest BCUT2D eigenvalue weighted by molar-refractivity contribution is -0.117. The maximum atomic E-state index is 11.4. The highest BCUT2D eigenvalue weighted by atomic mass is 16.1.